The minimum absolute atomic E-state index is 0.0855. The van der Waals surface area contributed by atoms with E-state index in [1.807, 2.05) is 0 Å². The summed E-state index contributed by atoms with van der Waals surface area (Å²) >= 11 is 4.04. The molecule has 2 aromatic carbocycles. The molecule has 6 nitrogen and oxygen atoms in total. The molecule has 1 fully saturated rings. The predicted octanol–water partition coefficient (Wildman–Crippen LogP) is 4.32. The van der Waals surface area contributed by atoms with Gasteiger partial charge in [-0.05, 0) is 61.7 Å². The van der Waals surface area contributed by atoms with Gasteiger partial charge < -0.3 is 4.74 Å². The fraction of sp³-hybridized carbons (Fsp3) is 0.478. The molecular weight excluding hydrogens is 561 g/mol. The summed E-state index contributed by atoms with van der Waals surface area (Å²) in [4.78, 5) is -0.506. The summed E-state index contributed by atoms with van der Waals surface area (Å²) in [6.07, 6.45) is -4.56. The lowest BCUT2D eigenvalue weighted by Gasteiger charge is -2.44. The highest BCUT2D eigenvalue weighted by atomic mass is 32.2. The van der Waals surface area contributed by atoms with Crippen LogP contribution in [-0.2, 0) is 35.5 Å². The van der Waals surface area contributed by atoms with Crippen molar-refractivity contribution in [3.8, 4) is 0 Å². The molecule has 3 atom stereocenters. The number of benzene rings is 2. The van der Waals surface area contributed by atoms with Gasteiger partial charge in [-0.1, -0.05) is 0 Å². The number of rotatable bonds is 9. The van der Waals surface area contributed by atoms with Crippen LogP contribution in [0.4, 0.5) is 22.0 Å². The van der Waals surface area contributed by atoms with Crippen LogP contribution < -0.4 is 4.72 Å². The smallest absolute Gasteiger partial charge is 0.380 e. The Labute approximate surface area is 218 Å². The highest BCUT2D eigenvalue weighted by Crippen LogP contribution is 2.50. The van der Waals surface area contributed by atoms with E-state index in [0.29, 0.717) is 17.9 Å². The third-order valence-corrected chi connectivity index (χ3v) is 9.80. The maximum Gasteiger partial charge on any atom is 0.416 e. The van der Waals surface area contributed by atoms with E-state index < -0.39 is 70.4 Å². The number of ether oxygens (including phenoxy) is 1. The van der Waals surface area contributed by atoms with Gasteiger partial charge in [0.2, 0.25) is 10.0 Å². The Morgan fingerprint density at radius 1 is 1.08 bits per heavy atom. The second-order valence-electron chi connectivity index (χ2n) is 8.94. The van der Waals surface area contributed by atoms with Gasteiger partial charge >= 0.3 is 6.18 Å². The van der Waals surface area contributed by atoms with Crippen molar-refractivity contribution < 1.29 is 43.5 Å². The monoisotopic (exact) mass is 587 g/mol. The van der Waals surface area contributed by atoms with Crippen LogP contribution in [0.15, 0.2) is 47.4 Å². The van der Waals surface area contributed by atoms with Crippen LogP contribution in [0.2, 0.25) is 0 Å². The Bertz CT molecular complexity index is 1320. The van der Waals surface area contributed by atoms with Crippen molar-refractivity contribution in [2.75, 3.05) is 25.2 Å². The maximum atomic E-state index is 15.1. The number of hydrogen-bond donors (Lipinski definition) is 2. The quantitative estimate of drug-likeness (QED) is 0.259. The molecule has 3 rings (SSSR count). The molecular formula is C23H26F5NO5S3. The summed E-state index contributed by atoms with van der Waals surface area (Å²) in [6, 6.07) is 4.35. The average Bonchev–Trinajstić information content (AvgIpc) is 2.80. The van der Waals surface area contributed by atoms with Crippen LogP contribution in [0.25, 0.3) is 0 Å². The van der Waals surface area contributed by atoms with Crippen molar-refractivity contribution in [2.45, 2.75) is 41.1 Å². The number of sulfone groups is 1. The Morgan fingerprint density at radius 2 is 1.73 bits per heavy atom. The van der Waals surface area contributed by atoms with E-state index in [1.54, 1.807) is 0 Å². The number of sulfonamides is 1. The van der Waals surface area contributed by atoms with Gasteiger partial charge in [0, 0.05) is 23.3 Å². The molecule has 0 aromatic heterocycles. The fourth-order valence-corrected chi connectivity index (χ4v) is 7.93. The summed E-state index contributed by atoms with van der Waals surface area (Å²) in [5, 5.41) is 0. The zero-order valence-corrected chi connectivity index (χ0v) is 22.2. The van der Waals surface area contributed by atoms with Crippen LogP contribution >= 0.6 is 12.6 Å². The lowest BCUT2D eigenvalue weighted by Crippen LogP contribution is -2.52. The largest absolute Gasteiger partial charge is 0.416 e. The average molecular weight is 588 g/mol. The van der Waals surface area contributed by atoms with Gasteiger partial charge in [-0.3, -0.25) is 0 Å². The molecule has 37 heavy (non-hydrogen) atoms. The molecule has 206 valence electrons. The minimum atomic E-state index is -4.71. The topological polar surface area (TPSA) is 89.5 Å². The summed E-state index contributed by atoms with van der Waals surface area (Å²) in [5.74, 6) is -2.39. The molecule has 1 saturated carbocycles. The molecule has 14 heteroatoms. The number of nitrogens with one attached hydrogen (secondary N) is 1. The summed E-state index contributed by atoms with van der Waals surface area (Å²) in [5.41, 5.74) is -1.55. The number of hydrogen-bond acceptors (Lipinski definition) is 6. The molecule has 0 bridgehead atoms. The zero-order chi connectivity index (χ0) is 27.6. The van der Waals surface area contributed by atoms with Crippen molar-refractivity contribution in [1.82, 2.24) is 4.72 Å². The van der Waals surface area contributed by atoms with Crippen LogP contribution in [0.1, 0.15) is 30.4 Å². The van der Waals surface area contributed by atoms with Gasteiger partial charge in [-0.2, -0.15) is 25.8 Å². The van der Waals surface area contributed by atoms with Gasteiger partial charge in [-0.25, -0.2) is 30.3 Å². The fourth-order valence-electron chi connectivity index (χ4n) is 4.73. The van der Waals surface area contributed by atoms with E-state index in [1.165, 1.54) is 0 Å². The first-order valence-electron chi connectivity index (χ1n) is 11.1. The van der Waals surface area contributed by atoms with Crippen LogP contribution in [0.5, 0.6) is 0 Å². The van der Waals surface area contributed by atoms with E-state index in [4.69, 9.17) is 4.74 Å². The Kier molecular flexibility index (Phi) is 9.00. The van der Waals surface area contributed by atoms with E-state index in [2.05, 4.69) is 17.4 Å². The molecule has 0 spiro atoms. The molecule has 1 N–H and O–H groups in total. The lowest BCUT2D eigenvalue weighted by atomic mass is 9.74. The summed E-state index contributed by atoms with van der Waals surface area (Å²) in [7, 11) is -8.35. The van der Waals surface area contributed by atoms with Crippen LogP contribution in [0, 0.1) is 17.6 Å². The number of alkyl halides is 3. The second-order valence-corrected chi connectivity index (χ2v) is 13.4. The summed E-state index contributed by atoms with van der Waals surface area (Å²) in [6.45, 7) is 0.0488. The molecule has 0 unspecified atom stereocenters. The second kappa shape index (κ2) is 11.2. The first-order valence-corrected chi connectivity index (χ1v) is 15.1. The van der Waals surface area contributed by atoms with Gasteiger partial charge in [0.15, 0.2) is 9.84 Å². The number of halogens is 5. The molecule has 0 amide bonds. The van der Waals surface area contributed by atoms with Crippen molar-refractivity contribution in [2.24, 2.45) is 5.92 Å². The first-order chi connectivity index (χ1) is 17.1. The number of thiol groups is 1. The highest BCUT2D eigenvalue weighted by molar-refractivity contribution is 7.92. The third-order valence-electron chi connectivity index (χ3n) is 6.38. The van der Waals surface area contributed by atoms with Crippen LogP contribution in [-0.4, -0.2) is 48.1 Å². The highest BCUT2D eigenvalue weighted by Gasteiger charge is 2.53. The Balaban J connectivity index is 2.17. The van der Waals surface area contributed by atoms with Crippen molar-refractivity contribution in [3.05, 3.63) is 65.2 Å². The van der Waals surface area contributed by atoms with Gasteiger partial charge in [-0.15, -0.1) is 0 Å². The van der Waals surface area contributed by atoms with Gasteiger partial charge in [0.05, 0.1) is 29.9 Å². The lowest BCUT2D eigenvalue weighted by molar-refractivity contribution is -0.137. The normalized spacial score (nSPS) is 23.2. The van der Waals surface area contributed by atoms with Gasteiger partial charge in [0.25, 0.3) is 0 Å². The maximum absolute atomic E-state index is 15.1. The predicted molar refractivity (Wildman–Crippen MR) is 130 cm³/mol. The minimum Gasteiger partial charge on any atom is -0.380 e. The first kappa shape index (κ1) is 29.8. The van der Waals surface area contributed by atoms with E-state index >= 15 is 4.39 Å². The summed E-state index contributed by atoms with van der Waals surface area (Å²) < 4.78 is 126. The van der Waals surface area contributed by atoms with Crippen molar-refractivity contribution in [3.63, 3.8) is 0 Å². The van der Waals surface area contributed by atoms with Crippen LogP contribution in [0.3, 0.4) is 0 Å². The van der Waals surface area contributed by atoms with Gasteiger partial charge in [0.1, 0.15) is 16.4 Å². The molecule has 1 aliphatic rings. The Hall–Kier alpha value is -1.74. The van der Waals surface area contributed by atoms with Crippen molar-refractivity contribution in [1.29, 1.82) is 0 Å². The SMILES string of the molecule is CS(=O)(=O)N[C@H]1CC[C@@](c2cc(F)ccc2F)(S(=O)(=O)c2ccc(C(F)(F)F)cc2)C[C@H]1COCCS. The zero-order valence-electron chi connectivity index (χ0n) is 19.6. The molecule has 0 aliphatic heterocycles. The van der Waals surface area contributed by atoms with Crippen molar-refractivity contribution >= 4 is 32.5 Å². The molecule has 0 heterocycles. The van der Waals surface area contributed by atoms with E-state index in [0.717, 1.165) is 36.6 Å². The third kappa shape index (κ3) is 6.64. The molecule has 1 aliphatic carbocycles. The Morgan fingerprint density at radius 3 is 2.30 bits per heavy atom. The standard InChI is InChI=1S/C23H26F5NO5S3/c1-36(30,31)29-21-8-9-22(13-15(21)14-34-10-11-35,19-12-17(24)4-7-20(19)25)37(32,33)18-5-2-16(3-6-18)23(26,27)28/h2-7,12,15,21,29,35H,8-11,13-14H2,1H3/t15-,21-,22+/m0/s1. The van der Waals surface area contributed by atoms with E-state index in [-0.39, 0.29) is 32.5 Å². The molecule has 0 radical (unpaired) electrons. The molecule has 2 aromatic rings. The molecule has 0 saturated heterocycles. The van der Waals surface area contributed by atoms with E-state index in [9.17, 15) is 34.4 Å².